The van der Waals surface area contributed by atoms with Gasteiger partial charge in [0.05, 0.1) is 0 Å². The van der Waals surface area contributed by atoms with Crippen LogP contribution in [-0.4, -0.2) is 23.7 Å². The molecule has 3 nitrogen and oxygen atoms in total. The Hall–Kier alpha value is -0.570. The lowest BCUT2D eigenvalue weighted by molar-refractivity contribution is -0.137. The smallest absolute Gasteiger partial charge is 0.303 e. The fourth-order valence-corrected chi connectivity index (χ4v) is 2.96. The minimum Gasteiger partial charge on any atom is -0.481 e. The SMILES string of the molecule is CCC1CCC(NCCC(C)(C)CCC(=O)O)CC1. The molecule has 0 atom stereocenters. The number of carboxylic acid groups (broad SMARTS) is 1. The summed E-state index contributed by atoms with van der Waals surface area (Å²) in [5, 5.41) is 12.4. The summed E-state index contributed by atoms with van der Waals surface area (Å²) in [4.78, 5) is 10.6. The molecule has 0 bridgehead atoms. The van der Waals surface area contributed by atoms with Gasteiger partial charge >= 0.3 is 5.97 Å². The van der Waals surface area contributed by atoms with Crippen molar-refractivity contribution >= 4 is 5.97 Å². The van der Waals surface area contributed by atoms with E-state index in [-0.39, 0.29) is 11.8 Å². The Labute approximate surface area is 118 Å². The van der Waals surface area contributed by atoms with Crippen molar-refractivity contribution in [2.75, 3.05) is 6.54 Å². The zero-order valence-corrected chi connectivity index (χ0v) is 12.9. The van der Waals surface area contributed by atoms with E-state index < -0.39 is 5.97 Å². The summed E-state index contributed by atoms with van der Waals surface area (Å²) in [5.74, 6) is 0.268. The molecule has 0 saturated heterocycles. The molecular weight excluding hydrogens is 238 g/mol. The first kappa shape index (κ1) is 16.5. The molecule has 2 N–H and O–H groups in total. The van der Waals surface area contributed by atoms with Gasteiger partial charge < -0.3 is 10.4 Å². The average Bonchev–Trinajstić information content (AvgIpc) is 2.37. The third-order valence-corrected chi connectivity index (χ3v) is 4.67. The molecule has 3 heteroatoms. The van der Waals surface area contributed by atoms with E-state index in [1.165, 1.54) is 32.1 Å². The van der Waals surface area contributed by atoms with Gasteiger partial charge in [-0.25, -0.2) is 0 Å². The van der Waals surface area contributed by atoms with Crippen LogP contribution in [0.2, 0.25) is 0 Å². The van der Waals surface area contributed by atoms with Crippen molar-refractivity contribution in [3.63, 3.8) is 0 Å². The molecular formula is C16H31NO2. The van der Waals surface area contributed by atoms with E-state index in [1.54, 1.807) is 0 Å². The van der Waals surface area contributed by atoms with Gasteiger partial charge in [-0.2, -0.15) is 0 Å². The van der Waals surface area contributed by atoms with Gasteiger partial charge in [-0.15, -0.1) is 0 Å². The highest BCUT2D eigenvalue weighted by molar-refractivity contribution is 5.66. The molecule has 0 spiro atoms. The van der Waals surface area contributed by atoms with Crippen molar-refractivity contribution in [2.45, 2.75) is 78.2 Å². The number of rotatable bonds is 8. The number of hydrogen-bond donors (Lipinski definition) is 2. The molecule has 0 heterocycles. The Balaban J connectivity index is 2.14. The quantitative estimate of drug-likeness (QED) is 0.704. The van der Waals surface area contributed by atoms with Crippen LogP contribution in [0.15, 0.2) is 0 Å². The molecule has 0 amide bonds. The minimum atomic E-state index is -0.682. The maximum Gasteiger partial charge on any atom is 0.303 e. The van der Waals surface area contributed by atoms with E-state index in [9.17, 15) is 4.79 Å². The van der Waals surface area contributed by atoms with Gasteiger partial charge in [0, 0.05) is 12.5 Å². The summed E-state index contributed by atoms with van der Waals surface area (Å²) >= 11 is 0. The summed E-state index contributed by atoms with van der Waals surface area (Å²) in [7, 11) is 0. The topological polar surface area (TPSA) is 49.3 Å². The first-order valence-corrected chi connectivity index (χ1v) is 7.88. The first-order chi connectivity index (χ1) is 8.93. The standard InChI is InChI=1S/C16H31NO2/c1-4-13-5-7-14(8-6-13)17-12-11-16(2,3)10-9-15(18)19/h13-14,17H,4-12H2,1-3H3,(H,18,19). The highest BCUT2D eigenvalue weighted by Crippen LogP contribution is 2.28. The first-order valence-electron chi connectivity index (χ1n) is 7.88. The predicted octanol–water partition coefficient (Wildman–Crippen LogP) is 3.83. The van der Waals surface area contributed by atoms with E-state index in [0.717, 1.165) is 25.3 Å². The molecule has 1 aliphatic rings. The molecule has 0 aliphatic heterocycles. The molecule has 0 aromatic rings. The van der Waals surface area contributed by atoms with E-state index in [0.29, 0.717) is 6.04 Å². The normalized spacial score (nSPS) is 24.4. The van der Waals surface area contributed by atoms with E-state index in [2.05, 4.69) is 26.1 Å². The van der Waals surface area contributed by atoms with Crippen molar-refractivity contribution in [3.05, 3.63) is 0 Å². The van der Waals surface area contributed by atoms with Gasteiger partial charge in [-0.1, -0.05) is 27.2 Å². The molecule has 112 valence electrons. The maximum absolute atomic E-state index is 10.6. The summed E-state index contributed by atoms with van der Waals surface area (Å²) < 4.78 is 0. The molecule has 0 unspecified atom stereocenters. The molecule has 1 aliphatic carbocycles. The fourth-order valence-electron chi connectivity index (χ4n) is 2.96. The Morgan fingerprint density at radius 2 is 1.84 bits per heavy atom. The van der Waals surface area contributed by atoms with Gasteiger partial charge in [0.1, 0.15) is 0 Å². The third kappa shape index (κ3) is 6.95. The Morgan fingerprint density at radius 1 is 1.21 bits per heavy atom. The molecule has 0 radical (unpaired) electrons. The number of hydrogen-bond acceptors (Lipinski definition) is 2. The summed E-state index contributed by atoms with van der Waals surface area (Å²) in [6.07, 6.45) is 8.82. The summed E-state index contributed by atoms with van der Waals surface area (Å²) in [6, 6.07) is 0.693. The second kappa shape index (κ2) is 7.88. The lowest BCUT2D eigenvalue weighted by atomic mass is 9.83. The van der Waals surface area contributed by atoms with Crippen molar-refractivity contribution in [3.8, 4) is 0 Å². The van der Waals surface area contributed by atoms with E-state index >= 15 is 0 Å². The number of carboxylic acids is 1. The summed E-state index contributed by atoms with van der Waals surface area (Å²) in [6.45, 7) is 7.66. The monoisotopic (exact) mass is 269 g/mol. The van der Waals surface area contributed by atoms with Crippen LogP contribution in [0.1, 0.15) is 72.1 Å². The van der Waals surface area contributed by atoms with Crippen LogP contribution in [0.25, 0.3) is 0 Å². The van der Waals surface area contributed by atoms with Crippen LogP contribution in [0.5, 0.6) is 0 Å². The van der Waals surface area contributed by atoms with Crippen LogP contribution in [-0.2, 0) is 4.79 Å². The maximum atomic E-state index is 10.6. The van der Waals surface area contributed by atoms with Gasteiger partial charge in [0.25, 0.3) is 0 Å². The molecule has 1 saturated carbocycles. The Bertz CT molecular complexity index is 268. The zero-order chi connectivity index (χ0) is 14.3. The lowest BCUT2D eigenvalue weighted by Crippen LogP contribution is -2.35. The third-order valence-electron chi connectivity index (χ3n) is 4.67. The number of nitrogens with one attached hydrogen (secondary N) is 1. The Kier molecular flexibility index (Phi) is 6.84. The highest BCUT2D eigenvalue weighted by atomic mass is 16.4. The fraction of sp³-hybridized carbons (Fsp3) is 0.938. The molecule has 19 heavy (non-hydrogen) atoms. The van der Waals surface area contributed by atoms with Crippen molar-refractivity contribution in [1.29, 1.82) is 0 Å². The van der Waals surface area contributed by atoms with Gasteiger partial charge in [0.2, 0.25) is 0 Å². The van der Waals surface area contributed by atoms with E-state index in [4.69, 9.17) is 5.11 Å². The van der Waals surface area contributed by atoms with E-state index in [1.807, 2.05) is 0 Å². The van der Waals surface area contributed by atoms with Crippen molar-refractivity contribution in [1.82, 2.24) is 5.32 Å². The largest absolute Gasteiger partial charge is 0.481 e. The molecule has 1 fully saturated rings. The van der Waals surface area contributed by atoms with Crippen LogP contribution in [0, 0.1) is 11.3 Å². The molecule has 1 rings (SSSR count). The lowest BCUT2D eigenvalue weighted by Gasteiger charge is -2.30. The highest BCUT2D eigenvalue weighted by Gasteiger charge is 2.22. The van der Waals surface area contributed by atoms with Gasteiger partial charge in [0.15, 0.2) is 0 Å². The molecule has 0 aromatic carbocycles. The Morgan fingerprint density at radius 3 is 2.37 bits per heavy atom. The van der Waals surface area contributed by atoms with Crippen LogP contribution in [0.4, 0.5) is 0 Å². The van der Waals surface area contributed by atoms with Crippen LogP contribution >= 0.6 is 0 Å². The van der Waals surface area contributed by atoms with Crippen LogP contribution in [0.3, 0.4) is 0 Å². The second-order valence-corrected chi connectivity index (χ2v) is 6.89. The minimum absolute atomic E-state index is 0.131. The summed E-state index contributed by atoms with van der Waals surface area (Å²) in [5.41, 5.74) is 0.131. The van der Waals surface area contributed by atoms with Gasteiger partial charge in [-0.05, 0) is 56.4 Å². The number of aliphatic carboxylic acids is 1. The average molecular weight is 269 g/mol. The second-order valence-electron chi connectivity index (χ2n) is 6.89. The predicted molar refractivity (Wildman–Crippen MR) is 79.3 cm³/mol. The number of carbonyl (C=O) groups is 1. The van der Waals surface area contributed by atoms with Crippen molar-refractivity contribution in [2.24, 2.45) is 11.3 Å². The zero-order valence-electron chi connectivity index (χ0n) is 12.9. The molecule has 0 aromatic heterocycles. The van der Waals surface area contributed by atoms with Gasteiger partial charge in [-0.3, -0.25) is 4.79 Å². The van der Waals surface area contributed by atoms with Crippen molar-refractivity contribution < 1.29 is 9.90 Å². The van der Waals surface area contributed by atoms with Crippen LogP contribution < -0.4 is 5.32 Å².